The van der Waals surface area contributed by atoms with Crippen LogP contribution in [0.1, 0.15) is 20.3 Å². The molecular formula is C7H13NO2P+. The summed E-state index contributed by atoms with van der Waals surface area (Å²) in [6, 6.07) is 1.96. The molecule has 0 heterocycles. The van der Waals surface area contributed by atoms with E-state index in [1.807, 2.05) is 13.0 Å². The molecule has 0 aliphatic carbocycles. The summed E-state index contributed by atoms with van der Waals surface area (Å²) in [6.45, 7) is 3.40. The Morgan fingerprint density at radius 1 is 1.73 bits per heavy atom. The first-order valence-electron chi connectivity index (χ1n) is 3.63. The van der Waals surface area contributed by atoms with Crippen molar-refractivity contribution < 1.29 is 9.67 Å². The fourth-order valence-electron chi connectivity index (χ4n) is 0.747. The van der Waals surface area contributed by atoms with Gasteiger partial charge < -0.3 is 5.11 Å². The molecule has 0 aromatic carbocycles. The predicted octanol–water partition coefficient (Wildman–Crippen LogP) is 1.50. The molecule has 1 N–H and O–H groups in total. The molecule has 0 aromatic rings. The van der Waals surface area contributed by atoms with Gasteiger partial charge in [0.15, 0.2) is 6.16 Å². The lowest BCUT2D eigenvalue weighted by Gasteiger charge is -1.95. The van der Waals surface area contributed by atoms with E-state index >= 15 is 0 Å². The van der Waals surface area contributed by atoms with Crippen LogP contribution in [0.3, 0.4) is 0 Å². The molecule has 62 valence electrons. The molecule has 0 fully saturated rings. The highest BCUT2D eigenvalue weighted by atomic mass is 31.1. The van der Waals surface area contributed by atoms with Crippen molar-refractivity contribution in [2.75, 3.05) is 6.16 Å². The van der Waals surface area contributed by atoms with Gasteiger partial charge >= 0.3 is 7.80 Å². The van der Waals surface area contributed by atoms with Crippen LogP contribution in [0.4, 0.5) is 0 Å². The lowest BCUT2D eigenvalue weighted by Crippen LogP contribution is -2.07. The number of aliphatic hydroxyl groups is 1. The molecule has 0 radical (unpaired) electrons. The molecule has 3 nitrogen and oxygen atoms in total. The van der Waals surface area contributed by atoms with Crippen LogP contribution in [0.5, 0.6) is 0 Å². The van der Waals surface area contributed by atoms with E-state index in [2.05, 4.69) is 0 Å². The van der Waals surface area contributed by atoms with Gasteiger partial charge in [-0.2, -0.15) is 5.26 Å². The predicted molar refractivity (Wildman–Crippen MR) is 43.8 cm³/mol. The van der Waals surface area contributed by atoms with Crippen LogP contribution in [0.2, 0.25) is 0 Å². The monoisotopic (exact) mass is 174 g/mol. The summed E-state index contributed by atoms with van der Waals surface area (Å²) < 4.78 is 11.2. The first kappa shape index (κ1) is 10.6. The summed E-state index contributed by atoms with van der Waals surface area (Å²) in [4.78, 5) is 0. The lowest BCUT2D eigenvalue weighted by molar-refractivity contribution is 0.218. The third kappa shape index (κ3) is 4.08. The second kappa shape index (κ2) is 5.23. The third-order valence-electron chi connectivity index (χ3n) is 1.33. The summed E-state index contributed by atoms with van der Waals surface area (Å²) in [6.07, 6.45) is 0.265. The van der Waals surface area contributed by atoms with Gasteiger partial charge in [0.1, 0.15) is 6.07 Å². The number of nitrogens with zero attached hydrogens (tertiary/aromatic N) is 1. The van der Waals surface area contributed by atoms with Crippen LogP contribution in [-0.2, 0) is 4.57 Å². The first-order chi connectivity index (χ1) is 5.11. The average molecular weight is 174 g/mol. The maximum Gasteiger partial charge on any atom is 0.359 e. The fraction of sp³-hybridized carbons (Fsp3) is 0.857. The van der Waals surface area contributed by atoms with Crippen LogP contribution < -0.4 is 0 Å². The van der Waals surface area contributed by atoms with Gasteiger partial charge in [0.2, 0.25) is 5.66 Å². The van der Waals surface area contributed by atoms with Crippen molar-refractivity contribution in [3.63, 3.8) is 0 Å². The average Bonchev–Trinajstić information content (AvgIpc) is 1.88. The Morgan fingerprint density at radius 2 is 2.27 bits per heavy atom. The Kier molecular flexibility index (Phi) is 5.02. The molecule has 0 aromatic heterocycles. The number of nitriles is 1. The largest absolute Gasteiger partial charge is 0.389 e. The van der Waals surface area contributed by atoms with Gasteiger partial charge in [-0.3, -0.25) is 0 Å². The highest BCUT2D eigenvalue weighted by Crippen LogP contribution is 2.30. The zero-order valence-corrected chi connectivity index (χ0v) is 7.71. The summed E-state index contributed by atoms with van der Waals surface area (Å²) >= 11 is 0. The first-order valence-corrected chi connectivity index (χ1v) is 5.14. The zero-order chi connectivity index (χ0) is 8.85. The van der Waals surface area contributed by atoms with Crippen LogP contribution in [0, 0.1) is 11.3 Å². The van der Waals surface area contributed by atoms with Crippen molar-refractivity contribution in [3.8, 4) is 6.07 Å². The van der Waals surface area contributed by atoms with Gasteiger partial charge in [-0.15, -0.1) is 0 Å². The highest BCUT2D eigenvalue weighted by Gasteiger charge is 2.29. The van der Waals surface area contributed by atoms with E-state index < -0.39 is 13.9 Å². The number of hydrogen-bond acceptors (Lipinski definition) is 3. The van der Waals surface area contributed by atoms with Gasteiger partial charge in [-0.05, 0) is 6.92 Å². The molecule has 0 saturated heterocycles. The van der Waals surface area contributed by atoms with Crippen molar-refractivity contribution in [2.24, 2.45) is 0 Å². The summed E-state index contributed by atoms with van der Waals surface area (Å²) in [5, 5.41) is 17.4. The molecule has 11 heavy (non-hydrogen) atoms. The maximum absolute atomic E-state index is 11.2. The van der Waals surface area contributed by atoms with E-state index in [-0.39, 0.29) is 11.8 Å². The van der Waals surface area contributed by atoms with Gasteiger partial charge in [-0.25, -0.2) is 0 Å². The smallest absolute Gasteiger partial charge is 0.359 e. The van der Waals surface area contributed by atoms with Crippen LogP contribution >= 0.6 is 7.80 Å². The molecule has 0 spiro atoms. The van der Waals surface area contributed by atoms with E-state index in [1.54, 1.807) is 6.92 Å². The maximum atomic E-state index is 11.2. The van der Waals surface area contributed by atoms with Crippen molar-refractivity contribution in [1.29, 1.82) is 5.26 Å². The molecule has 3 unspecified atom stereocenters. The second-order valence-electron chi connectivity index (χ2n) is 2.50. The van der Waals surface area contributed by atoms with E-state index in [0.717, 1.165) is 0 Å². The second-order valence-corrected chi connectivity index (χ2v) is 4.32. The Labute approximate surface area is 67.8 Å². The topological polar surface area (TPSA) is 61.1 Å². The standard InChI is InChI=1S/C7H13NO2P/c1-3-7(4-8)11(10)5-6(2)9/h6-7,9H,3,5H2,1-2H3/q+1. The zero-order valence-electron chi connectivity index (χ0n) is 6.82. The molecule has 0 aliphatic rings. The van der Waals surface area contributed by atoms with Crippen LogP contribution in [0.25, 0.3) is 0 Å². The van der Waals surface area contributed by atoms with Gasteiger partial charge in [-0.1, -0.05) is 11.5 Å². The van der Waals surface area contributed by atoms with E-state index in [1.165, 1.54) is 0 Å². The normalized spacial score (nSPS) is 16.7. The number of aliphatic hydroxyl groups excluding tert-OH is 1. The van der Waals surface area contributed by atoms with Gasteiger partial charge in [0.05, 0.1) is 6.10 Å². The minimum atomic E-state index is -1.54. The molecule has 0 saturated carbocycles. The minimum Gasteiger partial charge on any atom is -0.389 e. The fourth-order valence-corrected chi connectivity index (χ4v) is 2.06. The summed E-state index contributed by atoms with van der Waals surface area (Å²) in [5.74, 6) is 0. The van der Waals surface area contributed by atoms with Crippen molar-refractivity contribution in [2.45, 2.75) is 32.0 Å². The number of rotatable bonds is 4. The number of hydrogen-bond donors (Lipinski definition) is 1. The quantitative estimate of drug-likeness (QED) is 0.657. The van der Waals surface area contributed by atoms with Crippen molar-refractivity contribution >= 4 is 7.80 Å². The Morgan fingerprint density at radius 3 is 2.55 bits per heavy atom. The van der Waals surface area contributed by atoms with E-state index in [9.17, 15) is 4.57 Å². The summed E-state index contributed by atoms with van der Waals surface area (Å²) in [5.41, 5.74) is -0.389. The highest BCUT2D eigenvalue weighted by molar-refractivity contribution is 7.45. The van der Waals surface area contributed by atoms with Gasteiger partial charge in [0.25, 0.3) is 0 Å². The molecule has 0 bridgehead atoms. The van der Waals surface area contributed by atoms with Crippen molar-refractivity contribution in [1.82, 2.24) is 0 Å². The Bertz CT molecular complexity index is 174. The Balaban J connectivity index is 3.92. The van der Waals surface area contributed by atoms with Crippen molar-refractivity contribution in [3.05, 3.63) is 0 Å². The van der Waals surface area contributed by atoms with Crippen LogP contribution in [0.15, 0.2) is 0 Å². The molecule has 0 rings (SSSR count). The van der Waals surface area contributed by atoms with Crippen LogP contribution in [-0.4, -0.2) is 23.0 Å². The molecule has 3 atom stereocenters. The molecular weight excluding hydrogens is 161 g/mol. The minimum absolute atomic E-state index is 0.238. The Hall–Kier alpha value is -0.450. The molecule has 4 heteroatoms. The van der Waals surface area contributed by atoms with E-state index in [0.29, 0.717) is 6.42 Å². The van der Waals surface area contributed by atoms with E-state index in [4.69, 9.17) is 10.4 Å². The molecule has 0 amide bonds. The third-order valence-corrected chi connectivity index (χ3v) is 3.39. The molecule has 0 aliphatic heterocycles. The lowest BCUT2D eigenvalue weighted by atomic mass is 10.4. The van der Waals surface area contributed by atoms with Gasteiger partial charge in [0, 0.05) is 6.42 Å². The summed E-state index contributed by atoms with van der Waals surface area (Å²) in [7, 11) is -1.54. The SMILES string of the molecule is CCC(C#N)[P+](=O)CC(C)O.